The van der Waals surface area contributed by atoms with E-state index in [0.29, 0.717) is 0 Å². The Hall–Kier alpha value is -1.53. The van der Waals surface area contributed by atoms with E-state index in [1.807, 2.05) is 0 Å². The number of aliphatic hydroxyl groups is 5. The lowest BCUT2D eigenvalue weighted by atomic mass is 9.76. The molecule has 3 heterocycles. The van der Waals surface area contributed by atoms with Crippen molar-refractivity contribution in [2.24, 2.45) is 5.92 Å². The molecule has 3 aliphatic heterocycles. The van der Waals surface area contributed by atoms with Crippen LogP contribution in [0.25, 0.3) is 0 Å². The molecular formula is C16H22O10. The molecule has 2 fully saturated rings. The molecule has 146 valence electrons. The second-order valence-electron chi connectivity index (χ2n) is 6.44. The molecule has 2 saturated heterocycles. The second-order valence-corrected chi connectivity index (χ2v) is 6.44. The maximum absolute atomic E-state index is 11.8. The SMILES string of the molecule is C=C[C@H]1[C@H](O[C@@H]2O[C@@H](CO)[C@@H](O)[C@H](O)[C@H]2O)OC=C2C(=O)OCC[C@]21O. The summed E-state index contributed by atoms with van der Waals surface area (Å²) >= 11 is 0. The number of hydrogen-bond donors (Lipinski definition) is 5. The summed E-state index contributed by atoms with van der Waals surface area (Å²) in [4.78, 5) is 11.8. The molecule has 3 aliphatic rings. The molecule has 26 heavy (non-hydrogen) atoms. The Kier molecular flexibility index (Phi) is 5.35. The fraction of sp³-hybridized carbons (Fsp3) is 0.688. The Morgan fingerprint density at radius 3 is 2.65 bits per heavy atom. The number of carbonyl (C=O) groups is 1. The molecule has 0 radical (unpaired) electrons. The first kappa shape index (κ1) is 19.2. The maximum atomic E-state index is 11.8. The van der Waals surface area contributed by atoms with E-state index in [9.17, 15) is 30.3 Å². The van der Waals surface area contributed by atoms with Crippen molar-refractivity contribution in [2.75, 3.05) is 13.2 Å². The third-order valence-electron chi connectivity index (χ3n) is 4.94. The minimum absolute atomic E-state index is 0.00375. The molecule has 3 rings (SSSR count). The molecule has 0 aromatic carbocycles. The van der Waals surface area contributed by atoms with Crippen LogP contribution in [0.15, 0.2) is 24.5 Å². The Morgan fingerprint density at radius 2 is 2.00 bits per heavy atom. The van der Waals surface area contributed by atoms with Gasteiger partial charge >= 0.3 is 5.97 Å². The third-order valence-corrected chi connectivity index (χ3v) is 4.94. The van der Waals surface area contributed by atoms with Crippen molar-refractivity contribution < 1.29 is 49.3 Å². The molecule has 0 aromatic rings. The lowest BCUT2D eigenvalue weighted by Crippen LogP contribution is -2.61. The zero-order valence-corrected chi connectivity index (χ0v) is 13.8. The standard InChI is InChI=1S/C16H22O10/c1-2-7-14(24-6-8-13(21)23-4-3-16(7,8)22)26-15-12(20)11(19)10(18)9(5-17)25-15/h2,6-7,9-12,14-15,17-20,22H,1,3-5H2/t7-,9-,10+,11-,12+,14-,15-,16+/m0/s1. The summed E-state index contributed by atoms with van der Waals surface area (Å²) < 4.78 is 21.1. The van der Waals surface area contributed by atoms with Gasteiger partial charge in [0.25, 0.3) is 0 Å². The fourth-order valence-corrected chi connectivity index (χ4v) is 3.36. The Labute approximate surface area is 148 Å². The number of esters is 1. The minimum Gasteiger partial charge on any atom is -0.471 e. The van der Waals surface area contributed by atoms with Crippen LogP contribution in [0.1, 0.15) is 6.42 Å². The summed E-state index contributed by atoms with van der Waals surface area (Å²) in [7, 11) is 0. The van der Waals surface area contributed by atoms with Crippen LogP contribution in [0.2, 0.25) is 0 Å². The van der Waals surface area contributed by atoms with E-state index in [1.165, 1.54) is 6.08 Å². The maximum Gasteiger partial charge on any atom is 0.340 e. The van der Waals surface area contributed by atoms with Crippen molar-refractivity contribution >= 4 is 5.97 Å². The van der Waals surface area contributed by atoms with Crippen molar-refractivity contribution in [1.82, 2.24) is 0 Å². The van der Waals surface area contributed by atoms with Gasteiger partial charge in [0.2, 0.25) is 6.29 Å². The number of carbonyl (C=O) groups excluding carboxylic acids is 1. The molecule has 0 spiro atoms. The number of aliphatic hydroxyl groups excluding tert-OH is 4. The predicted molar refractivity (Wildman–Crippen MR) is 82.0 cm³/mol. The van der Waals surface area contributed by atoms with Crippen LogP contribution in [0.3, 0.4) is 0 Å². The highest BCUT2D eigenvalue weighted by atomic mass is 16.8. The Morgan fingerprint density at radius 1 is 1.27 bits per heavy atom. The van der Waals surface area contributed by atoms with Crippen molar-refractivity contribution in [3.63, 3.8) is 0 Å². The van der Waals surface area contributed by atoms with Gasteiger partial charge in [-0.3, -0.25) is 0 Å². The summed E-state index contributed by atoms with van der Waals surface area (Å²) in [5.41, 5.74) is -1.70. The number of cyclic esters (lactones) is 1. The van der Waals surface area contributed by atoms with E-state index in [1.54, 1.807) is 0 Å². The summed E-state index contributed by atoms with van der Waals surface area (Å²) in [6.45, 7) is 3.03. The molecular weight excluding hydrogens is 352 g/mol. The number of ether oxygens (including phenoxy) is 4. The van der Waals surface area contributed by atoms with Crippen LogP contribution in [-0.4, -0.2) is 87.3 Å². The van der Waals surface area contributed by atoms with E-state index >= 15 is 0 Å². The molecule has 0 unspecified atom stereocenters. The van der Waals surface area contributed by atoms with Crippen LogP contribution in [0, 0.1) is 5.92 Å². The molecule has 0 bridgehead atoms. The predicted octanol–water partition coefficient (Wildman–Crippen LogP) is -2.48. The average molecular weight is 374 g/mol. The van der Waals surface area contributed by atoms with Crippen molar-refractivity contribution in [1.29, 1.82) is 0 Å². The Bertz CT molecular complexity index is 590. The van der Waals surface area contributed by atoms with Gasteiger partial charge in [-0.1, -0.05) is 6.08 Å². The second kappa shape index (κ2) is 7.24. The number of hydrogen-bond acceptors (Lipinski definition) is 10. The average Bonchev–Trinajstić information content (AvgIpc) is 2.61. The molecule has 0 amide bonds. The molecule has 0 aromatic heterocycles. The zero-order valence-electron chi connectivity index (χ0n) is 13.8. The first-order valence-corrected chi connectivity index (χ1v) is 8.17. The zero-order chi connectivity index (χ0) is 19.1. The molecule has 10 nitrogen and oxygen atoms in total. The highest BCUT2D eigenvalue weighted by Crippen LogP contribution is 2.42. The van der Waals surface area contributed by atoms with Gasteiger partial charge in [0, 0.05) is 6.42 Å². The van der Waals surface area contributed by atoms with Gasteiger partial charge in [-0.15, -0.1) is 6.58 Å². The van der Waals surface area contributed by atoms with Crippen LogP contribution in [-0.2, 0) is 23.7 Å². The van der Waals surface area contributed by atoms with Gasteiger partial charge in [0.05, 0.1) is 25.4 Å². The molecule has 10 heteroatoms. The van der Waals surface area contributed by atoms with Gasteiger partial charge in [0.1, 0.15) is 35.6 Å². The Balaban J connectivity index is 1.81. The van der Waals surface area contributed by atoms with E-state index in [0.717, 1.165) is 6.26 Å². The van der Waals surface area contributed by atoms with Crippen molar-refractivity contribution in [3.05, 3.63) is 24.5 Å². The smallest absolute Gasteiger partial charge is 0.340 e. The van der Waals surface area contributed by atoms with Crippen LogP contribution in [0.4, 0.5) is 0 Å². The molecule has 0 aliphatic carbocycles. The van der Waals surface area contributed by atoms with E-state index in [2.05, 4.69) is 6.58 Å². The third kappa shape index (κ3) is 3.03. The van der Waals surface area contributed by atoms with E-state index in [-0.39, 0.29) is 18.6 Å². The highest BCUT2D eigenvalue weighted by Gasteiger charge is 2.54. The van der Waals surface area contributed by atoms with Crippen molar-refractivity contribution in [3.8, 4) is 0 Å². The van der Waals surface area contributed by atoms with Gasteiger partial charge < -0.3 is 44.5 Å². The van der Waals surface area contributed by atoms with E-state index in [4.69, 9.17) is 18.9 Å². The lowest BCUT2D eigenvalue weighted by molar-refractivity contribution is -0.344. The normalized spacial score (nSPS) is 45.8. The summed E-state index contributed by atoms with van der Waals surface area (Å²) in [6, 6.07) is 0. The van der Waals surface area contributed by atoms with Crippen LogP contribution >= 0.6 is 0 Å². The summed E-state index contributed by atoms with van der Waals surface area (Å²) in [5, 5.41) is 49.9. The summed E-state index contributed by atoms with van der Waals surface area (Å²) in [6.07, 6.45) is -6.10. The lowest BCUT2D eigenvalue weighted by Gasteiger charge is -2.46. The van der Waals surface area contributed by atoms with Crippen LogP contribution < -0.4 is 0 Å². The van der Waals surface area contributed by atoms with Gasteiger partial charge in [-0.25, -0.2) is 4.79 Å². The van der Waals surface area contributed by atoms with E-state index < -0.39 is 61.1 Å². The number of rotatable bonds is 4. The van der Waals surface area contributed by atoms with Gasteiger partial charge in [-0.05, 0) is 0 Å². The van der Waals surface area contributed by atoms with Crippen LogP contribution in [0.5, 0.6) is 0 Å². The van der Waals surface area contributed by atoms with Crippen molar-refractivity contribution in [2.45, 2.75) is 49.0 Å². The monoisotopic (exact) mass is 374 g/mol. The fourth-order valence-electron chi connectivity index (χ4n) is 3.36. The van der Waals surface area contributed by atoms with Gasteiger partial charge in [-0.2, -0.15) is 0 Å². The first-order valence-electron chi connectivity index (χ1n) is 8.17. The quantitative estimate of drug-likeness (QED) is 0.264. The first-order chi connectivity index (χ1) is 12.3. The topological polar surface area (TPSA) is 155 Å². The largest absolute Gasteiger partial charge is 0.471 e. The van der Waals surface area contributed by atoms with Gasteiger partial charge in [0.15, 0.2) is 6.29 Å². The highest BCUT2D eigenvalue weighted by molar-refractivity contribution is 5.91. The number of fused-ring (bicyclic) bond motifs is 1. The minimum atomic E-state index is -1.63. The molecule has 8 atom stereocenters. The molecule has 0 saturated carbocycles. The summed E-state index contributed by atoms with van der Waals surface area (Å²) in [5.74, 6) is -1.61. The molecule has 5 N–H and O–H groups in total.